The number of fused-ring (bicyclic) bond motifs is 1. The first kappa shape index (κ1) is 16.8. The van der Waals surface area contributed by atoms with Gasteiger partial charge in [0.15, 0.2) is 0 Å². The highest BCUT2D eigenvalue weighted by Gasteiger charge is 2.31. The molecule has 0 bridgehead atoms. The quantitative estimate of drug-likeness (QED) is 0.604. The van der Waals surface area contributed by atoms with Crippen molar-refractivity contribution >= 4 is 6.03 Å². The van der Waals surface area contributed by atoms with E-state index in [1.54, 1.807) is 0 Å². The number of benzene rings is 1. The molecule has 2 rings (SSSR count). The van der Waals surface area contributed by atoms with Crippen LogP contribution in [0.3, 0.4) is 0 Å². The number of carbonyl (C=O) groups is 1. The van der Waals surface area contributed by atoms with Crippen LogP contribution in [0.5, 0.6) is 0 Å². The van der Waals surface area contributed by atoms with Gasteiger partial charge in [0.05, 0.1) is 12.1 Å². The molecule has 0 saturated carbocycles. The normalized spacial score (nSPS) is 20.5. The summed E-state index contributed by atoms with van der Waals surface area (Å²) in [5, 5.41) is 24.9. The van der Waals surface area contributed by atoms with Gasteiger partial charge in [-0.3, -0.25) is 0 Å². The molecule has 0 fully saturated rings. The maximum atomic E-state index is 12.0. The van der Waals surface area contributed by atoms with Gasteiger partial charge in [0.25, 0.3) is 0 Å². The van der Waals surface area contributed by atoms with Crippen LogP contribution in [0.25, 0.3) is 0 Å². The van der Waals surface area contributed by atoms with Gasteiger partial charge >= 0.3 is 6.03 Å². The molecule has 0 radical (unpaired) electrons. The first-order chi connectivity index (χ1) is 10.4. The van der Waals surface area contributed by atoms with Gasteiger partial charge in [-0.25, -0.2) is 4.79 Å². The molecular weight excluding hydrogens is 280 g/mol. The number of nitrogens with one attached hydrogen (secondary N) is 2. The number of amides is 2. The second kappa shape index (κ2) is 7.11. The van der Waals surface area contributed by atoms with E-state index in [9.17, 15) is 15.0 Å². The van der Waals surface area contributed by atoms with Crippen molar-refractivity contribution in [3.8, 4) is 0 Å². The van der Waals surface area contributed by atoms with Crippen LogP contribution >= 0.6 is 0 Å². The molecule has 22 heavy (non-hydrogen) atoms. The van der Waals surface area contributed by atoms with Gasteiger partial charge in [-0.15, -0.1) is 0 Å². The summed E-state index contributed by atoms with van der Waals surface area (Å²) < 4.78 is 0. The third-order valence-electron chi connectivity index (χ3n) is 4.23. The zero-order valence-corrected chi connectivity index (χ0v) is 13.3. The molecule has 122 valence electrons. The average molecular weight is 306 g/mol. The summed E-state index contributed by atoms with van der Waals surface area (Å²) in [5.41, 5.74) is 1.97. The molecule has 0 spiro atoms. The van der Waals surface area contributed by atoms with Crippen molar-refractivity contribution in [1.82, 2.24) is 10.6 Å². The van der Waals surface area contributed by atoms with E-state index < -0.39 is 6.10 Å². The van der Waals surface area contributed by atoms with Crippen molar-refractivity contribution in [1.29, 1.82) is 0 Å². The minimum atomic E-state index is -0.573. The number of carbonyl (C=O) groups excluding carboxylic acids is 1. The first-order valence-corrected chi connectivity index (χ1v) is 7.84. The van der Waals surface area contributed by atoms with Crippen molar-refractivity contribution in [3.05, 3.63) is 35.4 Å². The van der Waals surface area contributed by atoms with E-state index in [1.165, 1.54) is 0 Å². The highest BCUT2D eigenvalue weighted by Crippen LogP contribution is 2.31. The summed E-state index contributed by atoms with van der Waals surface area (Å²) in [7, 11) is 0. The maximum absolute atomic E-state index is 12.0. The molecule has 0 saturated heterocycles. The fourth-order valence-electron chi connectivity index (χ4n) is 2.79. The Labute approximate surface area is 131 Å². The van der Waals surface area contributed by atoms with Gasteiger partial charge in [-0.05, 0) is 29.4 Å². The Balaban J connectivity index is 1.78. The van der Waals surface area contributed by atoms with Gasteiger partial charge < -0.3 is 20.8 Å². The van der Waals surface area contributed by atoms with Crippen molar-refractivity contribution in [2.45, 2.75) is 45.3 Å². The SMILES string of the molecule is CC(C)(CO)CCCNC(=O)N[C@@H]1c2ccccc2C[C@@H]1O. The van der Waals surface area contributed by atoms with Gasteiger partial charge in [0.2, 0.25) is 0 Å². The fraction of sp³-hybridized carbons (Fsp3) is 0.588. The minimum Gasteiger partial charge on any atom is -0.396 e. The Morgan fingerprint density at radius 2 is 2.09 bits per heavy atom. The number of hydrogen-bond acceptors (Lipinski definition) is 3. The average Bonchev–Trinajstić information content (AvgIpc) is 2.80. The van der Waals surface area contributed by atoms with E-state index in [4.69, 9.17) is 0 Å². The Kier molecular flexibility index (Phi) is 5.42. The molecule has 1 aliphatic rings. The number of rotatable bonds is 6. The van der Waals surface area contributed by atoms with Crippen LogP contribution in [-0.4, -0.2) is 35.5 Å². The molecule has 5 heteroatoms. The monoisotopic (exact) mass is 306 g/mol. The molecule has 1 aromatic rings. The lowest BCUT2D eigenvalue weighted by Gasteiger charge is -2.22. The predicted molar refractivity (Wildman–Crippen MR) is 85.5 cm³/mol. The van der Waals surface area contributed by atoms with Crippen LogP contribution < -0.4 is 10.6 Å². The molecular formula is C17H26N2O3. The van der Waals surface area contributed by atoms with Crippen molar-refractivity contribution < 1.29 is 15.0 Å². The Morgan fingerprint density at radius 3 is 2.82 bits per heavy atom. The summed E-state index contributed by atoms with van der Waals surface area (Å²) in [4.78, 5) is 12.0. The van der Waals surface area contributed by atoms with E-state index in [0.717, 1.165) is 24.0 Å². The van der Waals surface area contributed by atoms with Crippen LogP contribution in [0.2, 0.25) is 0 Å². The Hall–Kier alpha value is -1.59. The van der Waals surface area contributed by atoms with E-state index >= 15 is 0 Å². The standard InChI is InChI=1S/C17H26N2O3/c1-17(2,11-20)8-5-9-18-16(22)19-15-13-7-4-3-6-12(13)10-14(15)21/h3-4,6-7,14-15,20-21H,5,8-11H2,1-2H3,(H2,18,19,22)/t14-,15+/m0/s1. The first-order valence-electron chi connectivity index (χ1n) is 7.84. The Morgan fingerprint density at radius 1 is 1.36 bits per heavy atom. The van der Waals surface area contributed by atoms with E-state index in [2.05, 4.69) is 10.6 Å². The lowest BCUT2D eigenvalue weighted by atomic mass is 9.89. The summed E-state index contributed by atoms with van der Waals surface area (Å²) in [6.07, 6.45) is 1.66. The van der Waals surface area contributed by atoms with Crippen LogP contribution in [0.4, 0.5) is 4.79 Å². The molecule has 1 aliphatic carbocycles. The van der Waals surface area contributed by atoms with E-state index in [-0.39, 0.29) is 24.1 Å². The molecule has 4 N–H and O–H groups in total. The molecule has 5 nitrogen and oxygen atoms in total. The lowest BCUT2D eigenvalue weighted by Crippen LogP contribution is -2.41. The third kappa shape index (κ3) is 4.21. The van der Waals surface area contributed by atoms with Gasteiger partial charge in [-0.2, -0.15) is 0 Å². The maximum Gasteiger partial charge on any atom is 0.315 e. The second-order valence-electron chi connectivity index (χ2n) is 6.77. The molecule has 0 unspecified atom stereocenters. The van der Waals surface area contributed by atoms with Gasteiger partial charge in [0.1, 0.15) is 0 Å². The van der Waals surface area contributed by atoms with Crippen molar-refractivity contribution in [2.75, 3.05) is 13.2 Å². The molecule has 0 aliphatic heterocycles. The predicted octanol–water partition coefficient (Wildman–Crippen LogP) is 1.74. The number of hydrogen-bond donors (Lipinski definition) is 4. The number of urea groups is 1. The lowest BCUT2D eigenvalue weighted by molar-refractivity contribution is 0.141. The zero-order valence-electron chi connectivity index (χ0n) is 13.3. The van der Waals surface area contributed by atoms with Crippen LogP contribution in [0.15, 0.2) is 24.3 Å². The van der Waals surface area contributed by atoms with Crippen LogP contribution in [0, 0.1) is 5.41 Å². The molecule has 1 aromatic carbocycles. The molecule has 2 atom stereocenters. The van der Waals surface area contributed by atoms with Crippen molar-refractivity contribution in [3.63, 3.8) is 0 Å². The fourth-order valence-corrected chi connectivity index (χ4v) is 2.79. The zero-order chi connectivity index (χ0) is 16.2. The smallest absolute Gasteiger partial charge is 0.315 e. The second-order valence-corrected chi connectivity index (χ2v) is 6.77. The molecule has 0 heterocycles. The highest BCUT2D eigenvalue weighted by molar-refractivity contribution is 5.74. The van der Waals surface area contributed by atoms with Gasteiger partial charge in [-0.1, -0.05) is 38.1 Å². The van der Waals surface area contributed by atoms with E-state index in [0.29, 0.717) is 13.0 Å². The highest BCUT2D eigenvalue weighted by atomic mass is 16.3. The molecule has 0 aromatic heterocycles. The minimum absolute atomic E-state index is 0.112. The van der Waals surface area contributed by atoms with Crippen LogP contribution in [0.1, 0.15) is 43.9 Å². The van der Waals surface area contributed by atoms with Crippen molar-refractivity contribution in [2.24, 2.45) is 5.41 Å². The number of aliphatic hydroxyl groups is 2. The van der Waals surface area contributed by atoms with Gasteiger partial charge in [0, 0.05) is 19.6 Å². The summed E-state index contributed by atoms with van der Waals surface area (Å²) >= 11 is 0. The Bertz CT molecular complexity index is 516. The van der Waals surface area contributed by atoms with E-state index in [1.807, 2.05) is 38.1 Å². The third-order valence-corrected chi connectivity index (χ3v) is 4.23. The summed E-state index contributed by atoms with van der Waals surface area (Å²) in [6.45, 7) is 4.70. The topological polar surface area (TPSA) is 81.6 Å². The summed E-state index contributed by atoms with van der Waals surface area (Å²) in [6, 6.07) is 7.18. The largest absolute Gasteiger partial charge is 0.396 e. The molecule has 2 amide bonds. The number of aliphatic hydroxyl groups excluding tert-OH is 2. The van der Waals surface area contributed by atoms with Crippen LogP contribution in [-0.2, 0) is 6.42 Å². The summed E-state index contributed by atoms with van der Waals surface area (Å²) in [5.74, 6) is 0.